The van der Waals surface area contributed by atoms with Crippen LogP contribution in [0.25, 0.3) is 0 Å². The normalized spacial score (nSPS) is 21.0. The summed E-state index contributed by atoms with van der Waals surface area (Å²) >= 11 is 0. The number of rotatable bonds is 4. The summed E-state index contributed by atoms with van der Waals surface area (Å²) in [7, 11) is 2.06. The van der Waals surface area contributed by atoms with Crippen LogP contribution < -0.4 is 4.90 Å². The summed E-state index contributed by atoms with van der Waals surface area (Å²) in [6.45, 7) is 6.50. The second-order valence-electron chi connectivity index (χ2n) is 8.76. The van der Waals surface area contributed by atoms with Crippen LogP contribution >= 0.6 is 0 Å². The van der Waals surface area contributed by atoms with Gasteiger partial charge in [-0.1, -0.05) is 0 Å². The summed E-state index contributed by atoms with van der Waals surface area (Å²) in [5, 5.41) is 11.7. The number of anilines is 1. The molecule has 3 aliphatic rings. The molecule has 3 fully saturated rings. The molecule has 3 heterocycles. The number of amides is 2. The Morgan fingerprint density at radius 3 is 2.25 bits per heavy atom. The topological polar surface area (TPSA) is 99.5 Å². The van der Waals surface area contributed by atoms with Crippen molar-refractivity contribution >= 4 is 23.2 Å². The summed E-state index contributed by atoms with van der Waals surface area (Å²) < 4.78 is 5.33. The van der Waals surface area contributed by atoms with Gasteiger partial charge in [-0.2, -0.15) is 0 Å². The molecule has 0 aromatic heterocycles. The van der Waals surface area contributed by atoms with Crippen LogP contribution in [0.1, 0.15) is 23.2 Å². The number of likely N-dealkylation sites (tertiary alicyclic amines) is 1. The van der Waals surface area contributed by atoms with Crippen LogP contribution in [-0.2, 0) is 9.53 Å². The molecule has 1 aromatic rings. The Morgan fingerprint density at radius 1 is 0.969 bits per heavy atom. The maximum Gasteiger partial charge on any atom is 0.293 e. The number of carbonyl (C=O) groups is 2. The lowest BCUT2D eigenvalue weighted by Gasteiger charge is -2.37. The lowest BCUT2D eigenvalue weighted by atomic mass is 9.94. The molecule has 3 saturated heterocycles. The highest BCUT2D eigenvalue weighted by molar-refractivity contribution is 5.96. The Bertz CT molecular complexity index is 856. The van der Waals surface area contributed by atoms with E-state index < -0.39 is 4.92 Å². The van der Waals surface area contributed by atoms with Crippen LogP contribution in [0.15, 0.2) is 18.2 Å². The molecule has 10 heteroatoms. The molecule has 3 aliphatic heterocycles. The summed E-state index contributed by atoms with van der Waals surface area (Å²) in [6.07, 6.45) is 1.26. The molecule has 0 radical (unpaired) electrons. The fraction of sp³-hybridized carbons (Fsp3) is 0.636. The van der Waals surface area contributed by atoms with Gasteiger partial charge in [0.1, 0.15) is 5.69 Å². The highest BCUT2D eigenvalue weighted by atomic mass is 16.6. The number of nitrogens with zero attached hydrogens (tertiary/aromatic N) is 5. The third-order valence-corrected chi connectivity index (χ3v) is 6.72. The lowest BCUT2D eigenvalue weighted by molar-refractivity contribution is -0.384. The number of nitro groups is 1. The molecule has 0 unspecified atom stereocenters. The molecule has 0 spiro atoms. The van der Waals surface area contributed by atoms with Gasteiger partial charge in [-0.25, -0.2) is 0 Å². The summed E-state index contributed by atoms with van der Waals surface area (Å²) in [5.41, 5.74) is 0.779. The smallest absolute Gasteiger partial charge is 0.293 e. The quantitative estimate of drug-likeness (QED) is 0.505. The number of nitro benzene ring substituents is 1. The molecule has 174 valence electrons. The zero-order valence-electron chi connectivity index (χ0n) is 18.6. The van der Waals surface area contributed by atoms with Gasteiger partial charge in [0.2, 0.25) is 5.91 Å². The van der Waals surface area contributed by atoms with Crippen molar-refractivity contribution in [3.8, 4) is 0 Å². The average Bonchev–Trinajstić information content (AvgIpc) is 2.84. The van der Waals surface area contributed by atoms with Crippen molar-refractivity contribution in [3.63, 3.8) is 0 Å². The van der Waals surface area contributed by atoms with E-state index in [-0.39, 0.29) is 23.4 Å². The Morgan fingerprint density at radius 2 is 1.62 bits per heavy atom. The molecule has 0 bridgehead atoms. The zero-order chi connectivity index (χ0) is 22.7. The van der Waals surface area contributed by atoms with Crippen molar-refractivity contribution in [3.05, 3.63) is 33.9 Å². The van der Waals surface area contributed by atoms with E-state index in [1.165, 1.54) is 6.07 Å². The van der Waals surface area contributed by atoms with E-state index in [0.717, 1.165) is 26.2 Å². The number of likely N-dealkylation sites (N-methyl/N-ethyl adjacent to an activating group) is 1. The van der Waals surface area contributed by atoms with Crippen molar-refractivity contribution in [1.82, 2.24) is 14.7 Å². The number of hydrogen-bond donors (Lipinski definition) is 0. The number of piperazine rings is 1. The second kappa shape index (κ2) is 9.83. The lowest BCUT2D eigenvalue weighted by Crippen LogP contribution is -2.51. The number of hydrogen-bond acceptors (Lipinski definition) is 7. The molecule has 10 nitrogen and oxygen atoms in total. The van der Waals surface area contributed by atoms with Gasteiger partial charge in [-0.15, -0.1) is 0 Å². The Kier molecular flexibility index (Phi) is 6.90. The number of benzene rings is 1. The first-order valence-corrected chi connectivity index (χ1v) is 11.3. The molecule has 2 amide bonds. The van der Waals surface area contributed by atoms with E-state index in [0.29, 0.717) is 63.5 Å². The Balaban J connectivity index is 1.39. The van der Waals surface area contributed by atoms with E-state index in [1.807, 2.05) is 9.80 Å². The van der Waals surface area contributed by atoms with Crippen LogP contribution in [0.3, 0.4) is 0 Å². The van der Waals surface area contributed by atoms with Crippen molar-refractivity contribution < 1.29 is 19.2 Å². The largest absolute Gasteiger partial charge is 0.378 e. The first kappa shape index (κ1) is 22.5. The van der Waals surface area contributed by atoms with Crippen molar-refractivity contribution in [2.45, 2.75) is 12.8 Å². The molecule has 0 aliphatic carbocycles. The predicted octanol–water partition coefficient (Wildman–Crippen LogP) is 1.06. The van der Waals surface area contributed by atoms with Gasteiger partial charge >= 0.3 is 0 Å². The third kappa shape index (κ3) is 4.86. The molecule has 1 aromatic carbocycles. The number of ether oxygens (including phenoxy) is 1. The minimum absolute atomic E-state index is 0.0551. The van der Waals surface area contributed by atoms with Gasteiger partial charge in [-0.3, -0.25) is 19.7 Å². The van der Waals surface area contributed by atoms with Crippen LogP contribution in [0.4, 0.5) is 11.4 Å². The predicted molar refractivity (Wildman–Crippen MR) is 119 cm³/mol. The monoisotopic (exact) mass is 445 g/mol. The molecular formula is C22H31N5O5. The Hall–Kier alpha value is -2.72. The van der Waals surface area contributed by atoms with E-state index in [2.05, 4.69) is 11.9 Å². The Labute approximate surface area is 187 Å². The second-order valence-corrected chi connectivity index (χ2v) is 8.76. The molecule has 0 N–H and O–H groups in total. The van der Waals surface area contributed by atoms with Crippen molar-refractivity contribution in [1.29, 1.82) is 0 Å². The van der Waals surface area contributed by atoms with Gasteiger partial charge in [0, 0.05) is 69.9 Å². The SMILES string of the molecule is CN1CCN(C(=O)C2CCN(C(=O)c3ccc(N4CCOCC4)c([N+](=O)[O-])c3)CC2)CC1. The molecule has 4 rings (SSSR count). The first-order chi connectivity index (χ1) is 15.4. The number of carbonyl (C=O) groups excluding carboxylic acids is 2. The van der Waals surface area contributed by atoms with Crippen molar-refractivity contribution in [2.75, 3.05) is 77.5 Å². The summed E-state index contributed by atoms with van der Waals surface area (Å²) in [4.78, 5) is 44.9. The van der Waals surface area contributed by atoms with Crippen LogP contribution in [0.5, 0.6) is 0 Å². The van der Waals surface area contributed by atoms with E-state index in [4.69, 9.17) is 4.74 Å². The van der Waals surface area contributed by atoms with Gasteiger partial charge in [-0.05, 0) is 32.0 Å². The minimum atomic E-state index is -0.428. The number of morpholine rings is 1. The highest BCUT2D eigenvalue weighted by Gasteiger charge is 2.32. The van der Waals surface area contributed by atoms with E-state index in [9.17, 15) is 19.7 Å². The average molecular weight is 446 g/mol. The van der Waals surface area contributed by atoms with Crippen molar-refractivity contribution in [2.24, 2.45) is 5.92 Å². The third-order valence-electron chi connectivity index (χ3n) is 6.72. The van der Waals surface area contributed by atoms with E-state index >= 15 is 0 Å². The fourth-order valence-corrected chi connectivity index (χ4v) is 4.67. The highest BCUT2D eigenvalue weighted by Crippen LogP contribution is 2.31. The van der Waals surface area contributed by atoms with Crippen LogP contribution in [-0.4, -0.2) is 104 Å². The molecular weight excluding hydrogens is 414 g/mol. The standard InChI is InChI=1S/C22H31N5O5/c1-23-8-10-26(11-9-23)21(28)17-4-6-25(7-5-17)22(29)18-2-3-19(20(16-18)27(30)31)24-12-14-32-15-13-24/h2-3,16-17H,4-15H2,1H3. The van der Waals surface area contributed by atoms with E-state index in [1.54, 1.807) is 17.0 Å². The maximum absolute atomic E-state index is 13.0. The zero-order valence-corrected chi connectivity index (χ0v) is 18.6. The maximum atomic E-state index is 13.0. The number of piperidine rings is 1. The minimum Gasteiger partial charge on any atom is -0.378 e. The molecule has 0 atom stereocenters. The van der Waals surface area contributed by atoms with Gasteiger partial charge in [0.05, 0.1) is 18.1 Å². The fourth-order valence-electron chi connectivity index (χ4n) is 4.67. The molecule has 32 heavy (non-hydrogen) atoms. The van der Waals surface area contributed by atoms with Gasteiger partial charge in [0.15, 0.2) is 0 Å². The van der Waals surface area contributed by atoms with Gasteiger partial charge < -0.3 is 24.3 Å². The molecule has 0 saturated carbocycles. The summed E-state index contributed by atoms with van der Waals surface area (Å²) in [5.74, 6) is -0.0803. The van der Waals surface area contributed by atoms with Crippen LogP contribution in [0, 0.1) is 16.0 Å². The first-order valence-electron chi connectivity index (χ1n) is 11.3. The summed E-state index contributed by atoms with van der Waals surface area (Å²) in [6, 6.07) is 4.72. The van der Waals surface area contributed by atoms with Crippen LogP contribution in [0.2, 0.25) is 0 Å². The van der Waals surface area contributed by atoms with Gasteiger partial charge in [0.25, 0.3) is 11.6 Å².